The van der Waals surface area contributed by atoms with Crippen molar-refractivity contribution in [1.29, 1.82) is 0 Å². The van der Waals surface area contributed by atoms with Gasteiger partial charge in [-0.05, 0) is 0 Å². The topological polar surface area (TPSA) is 135 Å². The minimum atomic E-state index is -5.14. The van der Waals surface area contributed by atoms with Gasteiger partial charge in [0.25, 0.3) is 0 Å². The smallest absolute Gasteiger partial charge is 0 e. The quantitative estimate of drug-likeness (QED) is 0.253. The molecule has 14 heteroatoms. The van der Waals surface area contributed by atoms with Gasteiger partial charge in [0.05, 0.1) is 0 Å². The fourth-order valence-corrected chi connectivity index (χ4v) is 0. The summed E-state index contributed by atoms with van der Waals surface area (Å²) in [5.74, 6) is 0. The molecule has 5 N–H and O–H groups in total. The van der Waals surface area contributed by atoms with E-state index in [-0.39, 0.29) is 74.8 Å². The molecule has 0 fully saturated rings. The summed E-state index contributed by atoms with van der Waals surface area (Å²) in [7, 11) is -9.78. The summed E-state index contributed by atoms with van der Waals surface area (Å²) in [4.78, 5) is 35.5. The first-order chi connectivity index (χ1) is 4.00. The van der Waals surface area contributed by atoms with E-state index in [0.29, 0.717) is 0 Å². The molecule has 0 aliphatic heterocycles. The molecule has 0 amide bonds. The number of hydrogen-bond acceptors (Lipinski definition) is 2. The van der Waals surface area contributed by atoms with Gasteiger partial charge in [-0.15, -0.1) is 4.20 Å². The standard InChI is InChI=1S/FH2O3P.2Li.H3O4P.2V.2H/c1-5(2,3)4;;;1-5(2,3)4;;;;/h(H2,2,3,4);;;(H3,1,2,3,4);;;;. The van der Waals surface area contributed by atoms with Gasteiger partial charge in [-0.25, -0.2) is 9.13 Å². The van der Waals surface area contributed by atoms with Crippen LogP contribution in [0.3, 0.4) is 0 Å². The summed E-state index contributed by atoms with van der Waals surface area (Å²) < 4.78 is 27.9. The Hall–Kier alpha value is 2.55. The molecule has 0 rings (SSSR count). The van der Waals surface area contributed by atoms with Crippen molar-refractivity contribution < 1.29 is 74.9 Å². The largest absolute Gasteiger partial charge is 0 e. The molecule has 0 aromatic rings. The Labute approximate surface area is 127 Å². The molecule has 78 valence electrons. The van der Waals surface area contributed by atoms with E-state index >= 15 is 0 Å². The van der Waals surface area contributed by atoms with E-state index in [1.165, 1.54) is 0 Å². The van der Waals surface area contributed by atoms with E-state index in [1.54, 1.807) is 0 Å². The van der Waals surface area contributed by atoms with Crippen molar-refractivity contribution in [3.8, 4) is 0 Å². The van der Waals surface area contributed by atoms with Crippen molar-refractivity contribution in [2.75, 3.05) is 0 Å². The minimum absolute atomic E-state index is 0. The second-order valence-corrected chi connectivity index (χ2v) is 2.96. The summed E-state index contributed by atoms with van der Waals surface area (Å²) in [6.45, 7) is 0. The second-order valence-electron chi connectivity index (χ2n) is 0.986. The Balaban J connectivity index is -0.0000000178. The van der Waals surface area contributed by atoms with E-state index in [2.05, 4.69) is 0 Å². The van der Waals surface area contributed by atoms with Gasteiger partial charge in [0.15, 0.2) is 0 Å². The van der Waals surface area contributed by atoms with Crippen LogP contribution in [0.25, 0.3) is 0 Å². The van der Waals surface area contributed by atoms with Crippen LogP contribution in [0.4, 0.5) is 4.20 Å². The molecule has 0 saturated carbocycles. The maximum atomic E-state index is 10.4. The van der Waals surface area contributed by atoms with Crippen LogP contribution in [-0.2, 0) is 46.2 Å². The van der Waals surface area contributed by atoms with Gasteiger partial charge in [-0.1, -0.05) is 0 Å². The maximum Gasteiger partial charge on any atom is 0 e. The van der Waals surface area contributed by atoms with Gasteiger partial charge >= 0.3 is 53.5 Å². The predicted octanol–water partition coefficient (Wildman–Crippen LogP) is -2.18. The number of phosphoric acid groups is 1. The van der Waals surface area contributed by atoms with E-state index in [4.69, 9.17) is 33.6 Å². The van der Waals surface area contributed by atoms with Crippen molar-refractivity contribution in [3.63, 3.8) is 0 Å². The molecular formula is H7FLi2O7P2V2. The molecule has 0 aliphatic carbocycles. The van der Waals surface area contributed by atoms with Crippen molar-refractivity contribution in [1.82, 2.24) is 0 Å². The number of hydrogen-bond donors (Lipinski definition) is 5. The van der Waals surface area contributed by atoms with Crippen LogP contribution < -0.4 is 0 Å². The van der Waals surface area contributed by atoms with E-state index in [0.717, 1.165) is 0 Å². The summed E-state index contributed by atoms with van der Waals surface area (Å²) in [5.41, 5.74) is 0. The summed E-state index contributed by atoms with van der Waals surface area (Å²) >= 11 is 0. The molecule has 2 radical (unpaired) electrons. The van der Waals surface area contributed by atoms with Gasteiger partial charge in [0, 0.05) is 37.1 Å². The minimum Gasteiger partial charge on any atom is 0 e. The van der Waals surface area contributed by atoms with E-state index in [1.807, 2.05) is 0 Å². The SMILES string of the molecule is O=P(O)(O)F.O=P(O)(O)O.[LiH].[LiH].[V].[V]. The number of rotatable bonds is 0. The maximum absolute atomic E-state index is 10.4. The van der Waals surface area contributed by atoms with Gasteiger partial charge in [0.1, 0.15) is 0 Å². The second kappa shape index (κ2) is 15.6. The van der Waals surface area contributed by atoms with Crippen LogP contribution in [-0.4, -0.2) is 62.2 Å². The Morgan fingerprint density at radius 3 is 0.786 bits per heavy atom. The molecular weight excluding hydrogens is 309 g/mol. The normalized spacial score (nSPS) is 8.43. The zero-order chi connectivity index (χ0) is 9.00. The van der Waals surface area contributed by atoms with E-state index < -0.39 is 15.7 Å². The van der Waals surface area contributed by atoms with Gasteiger partial charge < -0.3 is 14.7 Å². The summed E-state index contributed by atoms with van der Waals surface area (Å²) in [6.07, 6.45) is 0. The van der Waals surface area contributed by atoms with Crippen LogP contribution >= 0.6 is 15.7 Å². The molecule has 14 heavy (non-hydrogen) atoms. The molecule has 0 aliphatic rings. The molecule has 0 spiro atoms. The van der Waals surface area contributed by atoms with Gasteiger partial charge in [-0.2, -0.15) is 0 Å². The molecule has 0 saturated heterocycles. The fourth-order valence-electron chi connectivity index (χ4n) is 0. The number of halogens is 1. The van der Waals surface area contributed by atoms with Gasteiger partial charge in [0.2, 0.25) is 0 Å². The monoisotopic (exact) mass is 316 g/mol. The van der Waals surface area contributed by atoms with Crippen LogP contribution in [0.2, 0.25) is 0 Å². The van der Waals surface area contributed by atoms with Crippen LogP contribution in [0, 0.1) is 0 Å². The first-order valence-electron chi connectivity index (χ1n) is 1.53. The molecule has 0 atom stereocenters. The molecule has 0 aromatic heterocycles. The Bertz CT molecular complexity index is 140. The summed E-state index contributed by atoms with van der Waals surface area (Å²) in [5, 5.41) is 0. The zero-order valence-electron chi connectivity index (χ0n) is 5.22. The third kappa shape index (κ3) is 410. The third-order valence-electron chi connectivity index (χ3n) is 0. The Morgan fingerprint density at radius 2 is 0.786 bits per heavy atom. The van der Waals surface area contributed by atoms with Crippen molar-refractivity contribution in [3.05, 3.63) is 0 Å². The fraction of sp³-hybridized carbons (Fsp3) is 0. The first-order valence-corrected chi connectivity index (χ1v) is 4.60. The Morgan fingerprint density at radius 1 is 0.786 bits per heavy atom. The molecule has 7 nitrogen and oxygen atoms in total. The zero-order valence-corrected chi connectivity index (χ0v) is 9.80. The van der Waals surface area contributed by atoms with Crippen LogP contribution in [0.1, 0.15) is 0 Å². The average Bonchev–Trinajstić information content (AvgIpc) is 1.12. The Kier molecular flexibility index (Phi) is 39.9. The van der Waals surface area contributed by atoms with E-state index in [9.17, 15) is 4.20 Å². The average molecular weight is 316 g/mol. The van der Waals surface area contributed by atoms with Crippen LogP contribution in [0.15, 0.2) is 0 Å². The molecule has 0 bridgehead atoms. The van der Waals surface area contributed by atoms with Crippen molar-refractivity contribution in [2.24, 2.45) is 0 Å². The first kappa shape index (κ1) is 36.0. The molecule has 0 aromatic carbocycles. The van der Waals surface area contributed by atoms with Crippen molar-refractivity contribution in [2.45, 2.75) is 0 Å². The molecule has 0 unspecified atom stereocenters. The predicted molar refractivity (Wildman–Crippen MR) is 41.7 cm³/mol. The van der Waals surface area contributed by atoms with Crippen molar-refractivity contribution >= 4 is 53.5 Å². The third-order valence-corrected chi connectivity index (χ3v) is 0. The summed E-state index contributed by atoms with van der Waals surface area (Å²) in [6, 6.07) is 0. The van der Waals surface area contributed by atoms with Gasteiger partial charge in [-0.3, -0.25) is 9.79 Å². The van der Waals surface area contributed by atoms with Crippen LogP contribution in [0.5, 0.6) is 0 Å². The molecule has 0 heterocycles.